The Kier molecular flexibility index (Phi) is 6.75. The summed E-state index contributed by atoms with van der Waals surface area (Å²) in [6.07, 6.45) is 1.52. The average molecular weight is 401 g/mol. The standard InChI is InChI=1S/C14H17BrN4O3S/c15-9-4-5-10-11(7-9)23-14(18-10)17-8-13(21)16-6-2-1-3-12(20)19-22/h4-5,7,22H,1-3,6,8H2,(H,16,21)(H,17,18)(H,19,20). The fourth-order valence-electron chi connectivity index (χ4n) is 1.89. The summed E-state index contributed by atoms with van der Waals surface area (Å²) in [6, 6.07) is 5.83. The maximum atomic E-state index is 11.7. The predicted molar refractivity (Wildman–Crippen MR) is 92.6 cm³/mol. The number of aromatic nitrogens is 1. The Morgan fingerprint density at radius 1 is 1.26 bits per heavy atom. The van der Waals surface area contributed by atoms with Gasteiger partial charge in [0.25, 0.3) is 0 Å². The second kappa shape index (κ2) is 8.80. The van der Waals surface area contributed by atoms with Crippen LogP contribution in [0.15, 0.2) is 22.7 Å². The largest absolute Gasteiger partial charge is 0.355 e. The normalized spacial score (nSPS) is 10.5. The van der Waals surface area contributed by atoms with Crippen LogP contribution in [0.25, 0.3) is 10.2 Å². The molecule has 0 saturated heterocycles. The quantitative estimate of drug-likeness (QED) is 0.309. The van der Waals surface area contributed by atoms with Crippen molar-refractivity contribution in [2.45, 2.75) is 19.3 Å². The van der Waals surface area contributed by atoms with Gasteiger partial charge in [-0.05, 0) is 31.0 Å². The number of nitrogens with one attached hydrogen (secondary N) is 3. The number of unbranched alkanes of at least 4 members (excludes halogenated alkanes) is 1. The maximum absolute atomic E-state index is 11.7. The van der Waals surface area contributed by atoms with Gasteiger partial charge in [-0.15, -0.1) is 0 Å². The van der Waals surface area contributed by atoms with Crippen LogP contribution in [-0.2, 0) is 9.59 Å². The van der Waals surface area contributed by atoms with Crippen molar-refractivity contribution in [1.82, 2.24) is 15.8 Å². The molecule has 124 valence electrons. The van der Waals surface area contributed by atoms with E-state index >= 15 is 0 Å². The third-order valence-corrected chi connectivity index (χ3v) is 4.50. The molecule has 1 aromatic carbocycles. The Hall–Kier alpha value is -1.71. The molecule has 23 heavy (non-hydrogen) atoms. The molecule has 4 N–H and O–H groups in total. The van der Waals surface area contributed by atoms with Gasteiger partial charge in [-0.3, -0.25) is 14.8 Å². The zero-order valence-electron chi connectivity index (χ0n) is 12.3. The van der Waals surface area contributed by atoms with Crippen LogP contribution < -0.4 is 16.1 Å². The number of halogens is 1. The Labute approximate surface area is 145 Å². The minimum atomic E-state index is -0.416. The van der Waals surface area contributed by atoms with Crippen LogP contribution in [0.1, 0.15) is 19.3 Å². The lowest BCUT2D eigenvalue weighted by Gasteiger charge is -2.05. The van der Waals surface area contributed by atoms with Gasteiger partial charge in [0.05, 0.1) is 16.8 Å². The zero-order valence-corrected chi connectivity index (χ0v) is 14.7. The number of hydroxylamine groups is 1. The molecule has 0 fully saturated rings. The number of nitrogens with zero attached hydrogens (tertiary/aromatic N) is 1. The summed E-state index contributed by atoms with van der Waals surface area (Å²) in [5, 5.41) is 14.8. The molecule has 0 aliphatic rings. The SMILES string of the molecule is O=C(CCCCNC(=O)CNc1nc2ccc(Br)cc2s1)NO. The van der Waals surface area contributed by atoms with E-state index < -0.39 is 5.91 Å². The molecule has 9 heteroatoms. The van der Waals surface area contributed by atoms with E-state index in [4.69, 9.17) is 5.21 Å². The van der Waals surface area contributed by atoms with Crippen LogP contribution in [0, 0.1) is 0 Å². The molecule has 0 atom stereocenters. The maximum Gasteiger partial charge on any atom is 0.243 e. The van der Waals surface area contributed by atoms with Crippen LogP contribution in [-0.4, -0.2) is 35.1 Å². The minimum absolute atomic E-state index is 0.128. The van der Waals surface area contributed by atoms with Gasteiger partial charge in [0.15, 0.2) is 5.13 Å². The number of amides is 2. The van der Waals surface area contributed by atoms with Crippen molar-refractivity contribution in [3.05, 3.63) is 22.7 Å². The van der Waals surface area contributed by atoms with Crippen molar-refractivity contribution in [2.24, 2.45) is 0 Å². The molecule has 0 radical (unpaired) electrons. The number of rotatable bonds is 8. The lowest BCUT2D eigenvalue weighted by Crippen LogP contribution is -2.30. The van der Waals surface area contributed by atoms with Gasteiger partial charge >= 0.3 is 0 Å². The first-order valence-electron chi connectivity index (χ1n) is 7.08. The van der Waals surface area contributed by atoms with Gasteiger partial charge in [-0.1, -0.05) is 27.3 Å². The summed E-state index contributed by atoms with van der Waals surface area (Å²) in [5.41, 5.74) is 2.46. The van der Waals surface area contributed by atoms with Gasteiger partial charge in [0.1, 0.15) is 0 Å². The minimum Gasteiger partial charge on any atom is -0.355 e. The van der Waals surface area contributed by atoms with E-state index in [2.05, 4.69) is 31.5 Å². The predicted octanol–water partition coefficient (Wildman–Crippen LogP) is 2.26. The van der Waals surface area contributed by atoms with E-state index in [9.17, 15) is 9.59 Å². The molecule has 2 rings (SSSR count). The molecular formula is C14H17BrN4O3S. The molecule has 1 heterocycles. The number of benzene rings is 1. The lowest BCUT2D eigenvalue weighted by molar-refractivity contribution is -0.129. The van der Waals surface area contributed by atoms with Gasteiger partial charge in [0, 0.05) is 17.4 Å². The van der Waals surface area contributed by atoms with Gasteiger partial charge < -0.3 is 10.6 Å². The van der Waals surface area contributed by atoms with E-state index in [0.717, 1.165) is 14.7 Å². The highest BCUT2D eigenvalue weighted by atomic mass is 79.9. The van der Waals surface area contributed by atoms with Crippen molar-refractivity contribution in [3.8, 4) is 0 Å². The Bertz CT molecular complexity index is 692. The second-order valence-corrected chi connectivity index (χ2v) is 6.77. The van der Waals surface area contributed by atoms with Crippen molar-refractivity contribution in [1.29, 1.82) is 0 Å². The van der Waals surface area contributed by atoms with E-state index in [1.165, 1.54) is 11.3 Å². The smallest absolute Gasteiger partial charge is 0.243 e. The molecule has 0 saturated carbocycles. The van der Waals surface area contributed by atoms with Crippen LogP contribution >= 0.6 is 27.3 Å². The number of hydrogen-bond donors (Lipinski definition) is 4. The highest BCUT2D eigenvalue weighted by Gasteiger charge is 2.06. The van der Waals surface area contributed by atoms with E-state index in [1.54, 1.807) is 5.48 Å². The molecular weight excluding hydrogens is 384 g/mol. The van der Waals surface area contributed by atoms with Gasteiger partial charge in [-0.2, -0.15) is 0 Å². The number of anilines is 1. The fourth-order valence-corrected chi connectivity index (χ4v) is 3.30. The van der Waals surface area contributed by atoms with E-state index in [1.807, 2.05) is 18.2 Å². The van der Waals surface area contributed by atoms with E-state index in [-0.39, 0.29) is 18.9 Å². The number of thiazole rings is 1. The third-order valence-electron chi connectivity index (χ3n) is 3.03. The highest BCUT2D eigenvalue weighted by Crippen LogP contribution is 2.28. The summed E-state index contributed by atoms with van der Waals surface area (Å²) >= 11 is 4.90. The number of fused-ring (bicyclic) bond motifs is 1. The summed E-state index contributed by atoms with van der Waals surface area (Å²) in [6.45, 7) is 0.643. The molecule has 0 bridgehead atoms. The summed E-state index contributed by atoms with van der Waals surface area (Å²) in [5.74, 6) is -0.544. The van der Waals surface area contributed by atoms with Crippen LogP contribution in [0.3, 0.4) is 0 Å². The molecule has 0 spiro atoms. The lowest BCUT2D eigenvalue weighted by atomic mass is 10.2. The number of carbonyl (C=O) groups is 2. The first-order valence-corrected chi connectivity index (χ1v) is 8.69. The zero-order chi connectivity index (χ0) is 16.7. The van der Waals surface area contributed by atoms with Gasteiger partial charge in [-0.25, -0.2) is 10.5 Å². The first kappa shape index (κ1) is 17.6. The molecule has 0 unspecified atom stereocenters. The molecule has 0 aliphatic heterocycles. The molecule has 2 aromatic rings. The number of carbonyl (C=O) groups excluding carboxylic acids is 2. The first-order chi connectivity index (χ1) is 11.1. The summed E-state index contributed by atoms with van der Waals surface area (Å²) in [7, 11) is 0. The number of hydrogen-bond acceptors (Lipinski definition) is 6. The highest BCUT2D eigenvalue weighted by molar-refractivity contribution is 9.10. The topological polar surface area (TPSA) is 103 Å². The molecule has 2 amide bonds. The summed E-state index contributed by atoms with van der Waals surface area (Å²) < 4.78 is 2.04. The third kappa shape index (κ3) is 5.77. The molecule has 7 nitrogen and oxygen atoms in total. The van der Waals surface area contributed by atoms with Crippen LogP contribution in [0.2, 0.25) is 0 Å². The fraction of sp³-hybridized carbons (Fsp3) is 0.357. The Morgan fingerprint density at radius 2 is 2.09 bits per heavy atom. The van der Waals surface area contributed by atoms with Crippen LogP contribution in [0.5, 0.6) is 0 Å². The average Bonchev–Trinajstić information content (AvgIpc) is 2.94. The summed E-state index contributed by atoms with van der Waals surface area (Å²) in [4.78, 5) is 26.9. The Morgan fingerprint density at radius 3 is 2.87 bits per heavy atom. The molecule has 0 aliphatic carbocycles. The van der Waals surface area contributed by atoms with Crippen molar-refractivity contribution < 1.29 is 14.8 Å². The van der Waals surface area contributed by atoms with E-state index in [0.29, 0.717) is 24.5 Å². The van der Waals surface area contributed by atoms with Crippen molar-refractivity contribution in [3.63, 3.8) is 0 Å². The van der Waals surface area contributed by atoms with Crippen LogP contribution in [0.4, 0.5) is 5.13 Å². The molecule has 1 aromatic heterocycles. The Balaban J connectivity index is 1.68. The van der Waals surface area contributed by atoms with Crippen molar-refractivity contribution >= 4 is 54.4 Å². The second-order valence-electron chi connectivity index (χ2n) is 4.83. The van der Waals surface area contributed by atoms with Gasteiger partial charge in [0.2, 0.25) is 11.8 Å². The van der Waals surface area contributed by atoms with Crippen molar-refractivity contribution in [2.75, 3.05) is 18.4 Å². The monoisotopic (exact) mass is 400 g/mol.